The van der Waals surface area contributed by atoms with Crippen LogP contribution in [0.15, 0.2) is 36.8 Å². The van der Waals surface area contributed by atoms with Crippen LogP contribution >= 0.6 is 0 Å². The van der Waals surface area contributed by atoms with E-state index in [-0.39, 0.29) is 5.91 Å². The molecule has 1 heterocycles. The normalized spacial score (nSPS) is 11.9. The quantitative estimate of drug-likeness (QED) is 0.697. The standard InChI is InChI=1S/C15H20N4O2/c1-21-13-4-2-11(3-5-13)6-7-18-15(20)14(16)8-12-9-17-10-19-12/h2-5,9-10,14H,6-8,16H2,1H3,(H,17,19)(H,18,20)/t14-/m0/s1. The average Bonchev–Trinajstić information content (AvgIpc) is 3.00. The van der Waals surface area contributed by atoms with Gasteiger partial charge in [0.2, 0.25) is 5.91 Å². The molecule has 0 radical (unpaired) electrons. The second kappa shape index (κ2) is 7.44. The van der Waals surface area contributed by atoms with Crippen LogP contribution in [0.4, 0.5) is 0 Å². The number of amides is 1. The van der Waals surface area contributed by atoms with Gasteiger partial charge in [0.15, 0.2) is 0 Å². The van der Waals surface area contributed by atoms with Crippen LogP contribution in [-0.4, -0.2) is 35.6 Å². The molecular weight excluding hydrogens is 268 g/mol. The van der Waals surface area contributed by atoms with E-state index in [0.717, 1.165) is 23.4 Å². The minimum Gasteiger partial charge on any atom is -0.497 e. The van der Waals surface area contributed by atoms with E-state index in [1.54, 1.807) is 19.6 Å². The number of carbonyl (C=O) groups excluding carboxylic acids is 1. The molecule has 2 aromatic rings. The molecule has 0 fully saturated rings. The highest BCUT2D eigenvalue weighted by Gasteiger charge is 2.14. The number of rotatable bonds is 7. The predicted molar refractivity (Wildman–Crippen MR) is 80.0 cm³/mol. The minimum atomic E-state index is -0.568. The highest BCUT2D eigenvalue weighted by Crippen LogP contribution is 2.11. The molecule has 1 aromatic heterocycles. The molecule has 6 heteroatoms. The number of aromatic amines is 1. The smallest absolute Gasteiger partial charge is 0.237 e. The molecule has 0 spiro atoms. The van der Waals surface area contributed by atoms with E-state index in [9.17, 15) is 4.79 Å². The third-order valence-electron chi connectivity index (χ3n) is 3.20. The van der Waals surface area contributed by atoms with Crippen molar-refractivity contribution in [1.82, 2.24) is 15.3 Å². The molecular formula is C15H20N4O2. The fraction of sp³-hybridized carbons (Fsp3) is 0.333. The van der Waals surface area contributed by atoms with E-state index in [1.807, 2.05) is 24.3 Å². The monoisotopic (exact) mass is 288 g/mol. The number of imidazole rings is 1. The highest BCUT2D eigenvalue weighted by atomic mass is 16.5. The molecule has 0 saturated carbocycles. The lowest BCUT2D eigenvalue weighted by molar-refractivity contribution is -0.122. The van der Waals surface area contributed by atoms with Crippen molar-refractivity contribution < 1.29 is 9.53 Å². The zero-order valence-electron chi connectivity index (χ0n) is 12.0. The lowest BCUT2D eigenvalue weighted by Crippen LogP contribution is -2.42. The van der Waals surface area contributed by atoms with Crippen LogP contribution < -0.4 is 15.8 Å². The van der Waals surface area contributed by atoms with Crippen LogP contribution in [0.1, 0.15) is 11.3 Å². The van der Waals surface area contributed by atoms with Gasteiger partial charge in [0.05, 0.1) is 19.5 Å². The Kier molecular flexibility index (Phi) is 5.34. The van der Waals surface area contributed by atoms with Crippen molar-refractivity contribution in [2.24, 2.45) is 5.73 Å². The number of nitrogens with zero attached hydrogens (tertiary/aromatic N) is 1. The molecule has 2 rings (SSSR count). The first-order valence-corrected chi connectivity index (χ1v) is 6.82. The summed E-state index contributed by atoms with van der Waals surface area (Å²) in [6.45, 7) is 0.557. The summed E-state index contributed by atoms with van der Waals surface area (Å²) in [5.74, 6) is 0.669. The Morgan fingerprint density at radius 2 is 2.19 bits per heavy atom. The molecule has 1 atom stereocenters. The number of ether oxygens (including phenoxy) is 1. The Balaban J connectivity index is 1.73. The van der Waals surface area contributed by atoms with Gasteiger partial charge in [0.1, 0.15) is 5.75 Å². The van der Waals surface area contributed by atoms with Crippen LogP contribution in [-0.2, 0) is 17.6 Å². The molecule has 0 saturated heterocycles. The molecule has 0 unspecified atom stereocenters. The lowest BCUT2D eigenvalue weighted by atomic mass is 10.1. The van der Waals surface area contributed by atoms with E-state index in [2.05, 4.69) is 15.3 Å². The molecule has 1 amide bonds. The van der Waals surface area contributed by atoms with Gasteiger partial charge in [-0.1, -0.05) is 12.1 Å². The number of hydrogen-bond acceptors (Lipinski definition) is 4. The molecule has 0 aliphatic heterocycles. The highest BCUT2D eigenvalue weighted by molar-refractivity contribution is 5.81. The number of methoxy groups -OCH3 is 1. The Morgan fingerprint density at radius 3 is 2.81 bits per heavy atom. The average molecular weight is 288 g/mol. The largest absolute Gasteiger partial charge is 0.497 e. The fourth-order valence-electron chi connectivity index (χ4n) is 1.98. The molecule has 6 nitrogen and oxygen atoms in total. The number of nitrogens with one attached hydrogen (secondary N) is 2. The van der Waals surface area contributed by atoms with Crippen LogP contribution in [0.3, 0.4) is 0 Å². The van der Waals surface area contributed by atoms with Crippen LogP contribution in [0, 0.1) is 0 Å². The number of carbonyl (C=O) groups is 1. The van der Waals surface area contributed by atoms with Crippen molar-refractivity contribution >= 4 is 5.91 Å². The van der Waals surface area contributed by atoms with Gasteiger partial charge in [0.25, 0.3) is 0 Å². The van der Waals surface area contributed by atoms with E-state index in [1.165, 1.54) is 0 Å². The minimum absolute atomic E-state index is 0.155. The molecule has 0 aliphatic rings. The van der Waals surface area contributed by atoms with E-state index in [4.69, 9.17) is 10.5 Å². The maximum Gasteiger partial charge on any atom is 0.237 e. The lowest BCUT2D eigenvalue weighted by Gasteiger charge is -2.11. The molecule has 4 N–H and O–H groups in total. The van der Waals surface area contributed by atoms with Gasteiger partial charge in [0, 0.05) is 24.9 Å². The summed E-state index contributed by atoms with van der Waals surface area (Å²) < 4.78 is 5.10. The van der Waals surface area contributed by atoms with Gasteiger partial charge in [-0.2, -0.15) is 0 Å². The maximum atomic E-state index is 11.9. The van der Waals surface area contributed by atoms with Crippen molar-refractivity contribution in [3.63, 3.8) is 0 Å². The zero-order valence-corrected chi connectivity index (χ0v) is 12.0. The summed E-state index contributed by atoms with van der Waals surface area (Å²) in [7, 11) is 1.64. The van der Waals surface area contributed by atoms with Crippen molar-refractivity contribution in [3.05, 3.63) is 48.0 Å². The summed E-state index contributed by atoms with van der Waals surface area (Å²) in [5.41, 5.74) is 7.84. The predicted octanol–water partition coefficient (Wildman–Crippen LogP) is 0.647. The first-order chi connectivity index (χ1) is 10.2. The summed E-state index contributed by atoms with van der Waals surface area (Å²) in [5, 5.41) is 2.84. The van der Waals surface area contributed by atoms with Gasteiger partial charge < -0.3 is 20.8 Å². The number of hydrogen-bond donors (Lipinski definition) is 3. The van der Waals surface area contributed by atoms with Gasteiger partial charge in [-0.25, -0.2) is 4.98 Å². The Hall–Kier alpha value is -2.34. The van der Waals surface area contributed by atoms with Gasteiger partial charge in [-0.05, 0) is 24.1 Å². The van der Waals surface area contributed by atoms with Crippen LogP contribution in [0.5, 0.6) is 5.75 Å². The third kappa shape index (κ3) is 4.61. The first-order valence-electron chi connectivity index (χ1n) is 6.82. The number of aromatic nitrogens is 2. The molecule has 0 aliphatic carbocycles. The molecule has 1 aromatic carbocycles. The topological polar surface area (TPSA) is 93.0 Å². The summed E-state index contributed by atoms with van der Waals surface area (Å²) in [6.07, 6.45) is 4.45. The molecule has 0 bridgehead atoms. The van der Waals surface area contributed by atoms with Gasteiger partial charge in [-0.15, -0.1) is 0 Å². The second-order valence-electron chi connectivity index (χ2n) is 4.78. The van der Waals surface area contributed by atoms with Crippen molar-refractivity contribution in [2.75, 3.05) is 13.7 Å². The number of H-pyrrole nitrogens is 1. The second-order valence-corrected chi connectivity index (χ2v) is 4.78. The number of benzene rings is 1. The van der Waals surface area contributed by atoms with Crippen molar-refractivity contribution in [1.29, 1.82) is 0 Å². The van der Waals surface area contributed by atoms with E-state index in [0.29, 0.717) is 13.0 Å². The van der Waals surface area contributed by atoms with E-state index >= 15 is 0 Å². The first kappa shape index (κ1) is 15.1. The fourth-order valence-corrected chi connectivity index (χ4v) is 1.98. The number of nitrogens with two attached hydrogens (primary N) is 1. The maximum absolute atomic E-state index is 11.9. The van der Waals surface area contributed by atoms with Gasteiger partial charge in [-0.3, -0.25) is 4.79 Å². The Labute approximate surface area is 123 Å². The van der Waals surface area contributed by atoms with Gasteiger partial charge >= 0.3 is 0 Å². The van der Waals surface area contributed by atoms with Crippen molar-refractivity contribution in [2.45, 2.75) is 18.9 Å². The SMILES string of the molecule is COc1ccc(CCNC(=O)[C@@H](N)Cc2cnc[nH]2)cc1. The zero-order chi connectivity index (χ0) is 15.1. The summed E-state index contributed by atoms with van der Waals surface area (Å²) in [4.78, 5) is 18.7. The van der Waals surface area contributed by atoms with Crippen molar-refractivity contribution in [3.8, 4) is 5.75 Å². The van der Waals surface area contributed by atoms with E-state index < -0.39 is 6.04 Å². The molecule has 21 heavy (non-hydrogen) atoms. The van der Waals surface area contributed by atoms with Crippen LogP contribution in [0.25, 0.3) is 0 Å². The third-order valence-corrected chi connectivity index (χ3v) is 3.20. The summed E-state index contributed by atoms with van der Waals surface area (Å²) >= 11 is 0. The molecule has 112 valence electrons. The van der Waals surface area contributed by atoms with Crippen LogP contribution in [0.2, 0.25) is 0 Å². The summed E-state index contributed by atoms with van der Waals surface area (Å²) in [6, 6.07) is 7.20. The Bertz CT molecular complexity index is 552. The Morgan fingerprint density at radius 1 is 1.43 bits per heavy atom.